The lowest BCUT2D eigenvalue weighted by molar-refractivity contribution is 0.199. The summed E-state index contributed by atoms with van der Waals surface area (Å²) in [6, 6.07) is 5.85. The minimum atomic E-state index is 0.721. The quantitative estimate of drug-likeness (QED) is 0.795. The van der Waals surface area contributed by atoms with Gasteiger partial charge in [0.05, 0.1) is 18.0 Å². The van der Waals surface area contributed by atoms with Crippen LogP contribution in [0.5, 0.6) is 0 Å². The molecule has 0 spiro atoms. The lowest BCUT2D eigenvalue weighted by atomic mass is 10.3. The summed E-state index contributed by atoms with van der Waals surface area (Å²) in [6.45, 7) is 2.34. The number of ether oxygens (including phenoxy) is 1. The Morgan fingerprint density at radius 1 is 1.35 bits per heavy atom. The van der Waals surface area contributed by atoms with E-state index in [1.807, 2.05) is 23.6 Å². The molecule has 2 aromatic heterocycles. The number of nitrogens with one attached hydrogen (secondary N) is 1. The molecule has 0 aromatic carbocycles. The van der Waals surface area contributed by atoms with Crippen molar-refractivity contribution in [3.8, 4) is 11.4 Å². The summed E-state index contributed by atoms with van der Waals surface area (Å²) >= 11 is 1.65. The van der Waals surface area contributed by atoms with E-state index in [-0.39, 0.29) is 0 Å². The van der Waals surface area contributed by atoms with Crippen molar-refractivity contribution in [1.29, 1.82) is 0 Å². The van der Waals surface area contributed by atoms with Gasteiger partial charge in [0.25, 0.3) is 0 Å². The molecule has 0 aliphatic carbocycles. The highest BCUT2D eigenvalue weighted by molar-refractivity contribution is 7.09. The van der Waals surface area contributed by atoms with Crippen LogP contribution >= 0.6 is 11.3 Å². The summed E-state index contributed by atoms with van der Waals surface area (Å²) < 4.78 is 4.96. The maximum atomic E-state index is 4.96. The van der Waals surface area contributed by atoms with Gasteiger partial charge in [0.1, 0.15) is 5.01 Å². The molecular weight excluding hydrogens is 234 g/mol. The van der Waals surface area contributed by atoms with Crippen LogP contribution in [0.4, 0.5) is 0 Å². The molecule has 2 aromatic rings. The van der Waals surface area contributed by atoms with Gasteiger partial charge in [0.15, 0.2) is 0 Å². The molecule has 2 heterocycles. The number of pyridine rings is 1. The molecule has 0 amide bonds. The fourth-order valence-corrected chi connectivity index (χ4v) is 2.15. The molecule has 0 aliphatic rings. The average Bonchev–Trinajstić information content (AvgIpc) is 2.85. The molecule has 0 saturated heterocycles. The van der Waals surface area contributed by atoms with Gasteiger partial charge in [-0.15, -0.1) is 11.3 Å². The molecule has 0 fully saturated rings. The Hall–Kier alpha value is -1.30. The second-order valence-electron chi connectivity index (χ2n) is 3.51. The van der Waals surface area contributed by atoms with E-state index < -0.39 is 0 Å². The van der Waals surface area contributed by atoms with Gasteiger partial charge in [0.2, 0.25) is 0 Å². The van der Waals surface area contributed by atoms with Crippen molar-refractivity contribution in [3.63, 3.8) is 0 Å². The second-order valence-corrected chi connectivity index (χ2v) is 4.45. The monoisotopic (exact) mass is 249 g/mol. The van der Waals surface area contributed by atoms with Gasteiger partial charge in [-0.1, -0.05) is 6.07 Å². The number of hydrogen-bond donors (Lipinski definition) is 1. The number of rotatable bonds is 6. The zero-order chi connectivity index (χ0) is 11.9. The summed E-state index contributed by atoms with van der Waals surface area (Å²) in [5, 5.41) is 6.38. The molecule has 1 N–H and O–H groups in total. The standard InChI is InChI=1S/C12H15N3OS/c1-16-7-6-13-8-12-15-11(9-17-12)10-4-2-3-5-14-10/h2-5,9,13H,6-8H2,1H3. The third-order valence-electron chi connectivity index (χ3n) is 2.24. The van der Waals surface area contributed by atoms with Crippen LogP contribution in [-0.4, -0.2) is 30.2 Å². The maximum Gasteiger partial charge on any atom is 0.107 e. The first kappa shape index (κ1) is 12.2. The third kappa shape index (κ3) is 3.59. The van der Waals surface area contributed by atoms with E-state index in [1.165, 1.54) is 0 Å². The highest BCUT2D eigenvalue weighted by atomic mass is 32.1. The predicted molar refractivity (Wildman–Crippen MR) is 68.9 cm³/mol. The molecule has 0 saturated carbocycles. The van der Waals surface area contributed by atoms with Crippen LogP contribution < -0.4 is 5.32 Å². The smallest absolute Gasteiger partial charge is 0.107 e. The average molecular weight is 249 g/mol. The van der Waals surface area contributed by atoms with Gasteiger partial charge in [-0.2, -0.15) is 0 Å². The predicted octanol–water partition coefficient (Wildman–Crippen LogP) is 1.94. The zero-order valence-electron chi connectivity index (χ0n) is 9.72. The van der Waals surface area contributed by atoms with E-state index in [1.54, 1.807) is 24.6 Å². The van der Waals surface area contributed by atoms with Crippen molar-refractivity contribution in [2.45, 2.75) is 6.54 Å². The highest BCUT2D eigenvalue weighted by Crippen LogP contribution is 2.19. The van der Waals surface area contributed by atoms with E-state index in [9.17, 15) is 0 Å². The first-order valence-corrected chi connectivity index (χ1v) is 6.33. The van der Waals surface area contributed by atoms with Crippen LogP contribution in [0.25, 0.3) is 11.4 Å². The first-order valence-electron chi connectivity index (χ1n) is 5.45. The lowest BCUT2D eigenvalue weighted by Gasteiger charge is -2.00. The molecule has 0 aliphatic heterocycles. The van der Waals surface area contributed by atoms with E-state index in [2.05, 4.69) is 15.3 Å². The number of thiazole rings is 1. The summed E-state index contributed by atoms with van der Waals surface area (Å²) in [6.07, 6.45) is 1.78. The fraction of sp³-hybridized carbons (Fsp3) is 0.333. The zero-order valence-corrected chi connectivity index (χ0v) is 10.5. The van der Waals surface area contributed by atoms with Crippen molar-refractivity contribution < 1.29 is 4.74 Å². The van der Waals surface area contributed by atoms with Gasteiger partial charge < -0.3 is 10.1 Å². The Morgan fingerprint density at radius 2 is 2.29 bits per heavy atom. The molecule has 4 nitrogen and oxygen atoms in total. The fourth-order valence-electron chi connectivity index (χ4n) is 1.39. The van der Waals surface area contributed by atoms with Crippen LogP contribution in [0.3, 0.4) is 0 Å². The number of methoxy groups -OCH3 is 1. The Morgan fingerprint density at radius 3 is 3.06 bits per heavy atom. The van der Waals surface area contributed by atoms with E-state index in [0.29, 0.717) is 0 Å². The van der Waals surface area contributed by atoms with Crippen LogP contribution in [0.15, 0.2) is 29.8 Å². The topological polar surface area (TPSA) is 47.0 Å². The van der Waals surface area contributed by atoms with Crippen molar-refractivity contribution in [3.05, 3.63) is 34.8 Å². The Kier molecular flexibility index (Phi) is 4.61. The molecule has 0 atom stereocenters. The van der Waals surface area contributed by atoms with Crippen LogP contribution in [0.1, 0.15) is 5.01 Å². The first-order chi connectivity index (χ1) is 8.40. The summed E-state index contributed by atoms with van der Waals surface area (Å²) in [5.74, 6) is 0. The van der Waals surface area contributed by atoms with Gasteiger partial charge in [-0.25, -0.2) is 4.98 Å². The maximum absolute atomic E-state index is 4.96. The molecule has 0 bridgehead atoms. The van der Waals surface area contributed by atoms with Crippen molar-refractivity contribution in [2.75, 3.05) is 20.3 Å². The molecule has 5 heteroatoms. The number of nitrogens with zero attached hydrogens (tertiary/aromatic N) is 2. The largest absolute Gasteiger partial charge is 0.383 e. The van der Waals surface area contributed by atoms with Crippen molar-refractivity contribution in [2.24, 2.45) is 0 Å². The van der Waals surface area contributed by atoms with E-state index in [4.69, 9.17) is 4.74 Å². The molecule has 0 unspecified atom stereocenters. The normalized spacial score (nSPS) is 10.6. The van der Waals surface area contributed by atoms with E-state index >= 15 is 0 Å². The third-order valence-corrected chi connectivity index (χ3v) is 3.09. The van der Waals surface area contributed by atoms with Gasteiger partial charge in [0, 0.05) is 31.8 Å². The van der Waals surface area contributed by atoms with Gasteiger partial charge in [-0.05, 0) is 12.1 Å². The summed E-state index contributed by atoms with van der Waals surface area (Å²) in [7, 11) is 1.70. The van der Waals surface area contributed by atoms with Crippen LogP contribution in [0.2, 0.25) is 0 Å². The van der Waals surface area contributed by atoms with E-state index in [0.717, 1.165) is 36.1 Å². The highest BCUT2D eigenvalue weighted by Gasteiger charge is 2.04. The molecule has 0 radical (unpaired) electrons. The number of aromatic nitrogens is 2. The Labute approximate surface area is 105 Å². The van der Waals surface area contributed by atoms with Crippen LogP contribution in [-0.2, 0) is 11.3 Å². The Balaban J connectivity index is 1.92. The summed E-state index contributed by atoms with van der Waals surface area (Å²) in [4.78, 5) is 8.81. The van der Waals surface area contributed by atoms with Gasteiger partial charge in [-0.3, -0.25) is 4.98 Å². The van der Waals surface area contributed by atoms with Crippen molar-refractivity contribution >= 4 is 11.3 Å². The SMILES string of the molecule is COCCNCc1nc(-c2ccccn2)cs1. The molecule has 17 heavy (non-hydrogen) atoms. The summed E-state index contributed by atoms with van der Waals surface area (Å²) in [5.41, 5.74) is 1.87. The van der Waals surface area contributed by atoms with Crippen molar-refractivity contribution in [1.82, 2.24) is 15.3 Å². The van der Waals surface area contributed by atoms with Gasteiger partial charge >= 0.3 is 0 Å². The lowest BCUT2D eigenvalue weighted by Crippen LogP contribution is -2.18. The minimum absolute atomic E-state index is 0.721. The minimum Gasteiger partial charge on any atom is -0.383 e. The van der Waals surface area contributed by atoms with Crippen LogP contribution in [0, 0.1) is 0 Å². The molecule has 90 valence electrons. The Bertz CT molecular complexity index is 444. The molecular formula is C12H15N3OS. The number of hydrogen-bond acceptors (Lipinski definition) is 5. The molecule has 2 rings (SSSR count). The second kappa shape index (κ2) is 6.44.